The van der Waals surface area contributed by atoms with Crippen LogP contribution in [0.3, 0.4) is 0 Å². The van der Waals surface area contributed by atoms with Gasteiger partial charge >= 0.3 is 5.97 Å². The van der Waals surface area contributed by atoms with Gasteiger partial charge in [0.25, 0.3) is 0 Å². The Morgan fingerprint density at radius 2 is 1.68 bits per heavy atom. The molecule has 2 aromatic rings. The van der Waals surface area contributed by atoms with Crippen molar-refractivity contribution in [3.05, 3.63) is 54.1 Å². The number of sulfonamides is 1. The molecule has 0 unspecified atom stereocenters. The van der Waals surface area contributed by atoms with Gasteiger partial charge in [-0.1, -0.05) is 32.0 Å². The Balaban J connectivity index is 2.10. The van der Waals surface area contributed by atoms with Crippen LogP contribution in [-0.2, 0) is 14.8 Å². The predicted octanol–water partition coefficient (Wildman–Crippen LogP) is 2.96. The summed E-state index contributed by atoms with van der Waals surface area (Å²) in [5, 5.41) is 0. The minimum absolute atomic E-state index is 0.0396. The molecule has 7 nitrogen and oxygen atoms in total. The highest BCUT2D eigenvalue weighted by Gasteiger charge is 2.27. The van der Waals surface area contributed by atoms with Crippen molar-refractivity contribution < 1.29 is 27.4 Å². The maximum absolute atomic E-state index is 12.8. The van der Waals surface area contributed by atoms with E-state index in [-0.39, 0.29) is 29.4 Å². The maximum atomic E-state index is 12.8. The van der Waals surface area contributed by atoms with Crippen molar-refractivity contribution in [3.8, 4) is 11.5 Å². The molecule has 0 amide bonds. The number of carbonyl (C=O) groups excluding carboxylic acids is 1. The van der Waals surface area contributed by atoms with Crippen molar-refractivity contribution in [1.82, 2.24) is 4.31 Å². The van der Waals surface area contributed by atoms with Gasteiger partial charge in [-0.05, 0) is 30.3 Å². The highest BCUT2D eigenvalue weighted by molar-refractivity contribution is 7.89. The van der Waals surface area contributed by atoms with Crippen molar-refractivity contribution in [2.24, 2.45) is 0 Å². The topological polar surface area (TPSA) is 82.1 Å². The first-order valence-electron chi connectivity index (χ1n) is 8.97. The predicted molar refractivity (Wildman–Crippen MR) is 105 cm³/mol. The van der Waals surface area contributed by atoms with E-state index in [1.54, 1.807) is 26.0 Å². The lowest BCUT2D eigenvalue weighted by atomic mass is 10.2. The van der Waals surface area contributed by atoms with E-state index in [0.29, 0.717) is 18.8 Å². The summed E-state index contributed by atoms with van der Waals surface area (Å²) in [6, 6.07) is 13.4. The van der Waals surface area contributed by atoms with E-state index >= 15 is 0 Å². The molecule has 0 radical (unpaired) electrons. The molecule has 2 rings (SSSR count). The molecule has 28 heavy (non-hydrogen) atoms. The minimum atomic E-state index is -3.79. The van der Waals surface area contributed by atoms with Crippen molar-refractivity contribution in [2.45, 2.75) is 18.7 Å². The molecule has 0 atom stereocenters. The van der Waals surface area contributed by atoms with E-state index < -0.39 is 16.0 Å². The fourth-order valence-electron chi connectivity index (χ4n) is 2.60. The molecule has 8 heteroatoms. The van der Waals surface area contributed by atoms with Crippen molar-refractivity contribution >= 4 is 16.0 Å². The monoisotopic (exact) mass is 407 g/mol. The Bertz CT molecular complexity index is 879. The number of benzene rings is 2. The van der Waals surface area contributed by atoms with Crippen molar-refractivity contribution in [3.63, 3.8) is 0 Å². The second kappa shape index (κ2) is 10.1. The highest BCUT2D eigenvalue weighted by atomic mass is 32.2. The molecule has 0 aliphatic heterocycles. The second-order valence-corrected chi connectivity index (χ2v) is 7.66. The second-order valence-electron chi connectivity index (χ2n) is 5.75. The number of hydrogen-bond donors (Lipinski definition) is 0. The summed E-state index contributed by atoms with van der Waals surface area (Å²) in [6.07, 6.45) is 0. The molecule has 2 aromatic carbocycles. The van der Waals surface area contributed by atoms with E-state index in [1.165, 1.54) is 29.6 Å². The van der Waals surface area contributed by atoms with Crippen LogP contribution in [0, 0.1) is 0 Å². The normalized spacial score (nSPS) is 11.3. The van der Waals surface area contributed by atoms with Gasteiger partial charge in [0, 0.05) is 13.1 Å². The first-order chi connectivity index (χ1) is 13.4. The molecule has 0 aliphatic rings. The van der Waals surface area contributed by atoms with Crippen molar-refractivity contribution in [2.75, 3.05) is 33.4 Å². The van der Waals surface area contributed by atoms with Crippen LogP contribution in [0.1, 0.15) is 24.2 Å². The van der Waals surface area contributed by atoms with E-state index in [4.69, 9.17) is 14.2 Å². The van der Waals surface area contributed by atoms with Gasteiger partial charge in [-0.3, -0.25) is 0 Å². The lowest BCUT2D eigenvalue weighted by molar-refractivity contribution is 0.0450. The quantitative estimate of drug-likeness (QED) is 0.445. The number of methoxy groups -OCH3 is 1. The maximum Gasteiger partial charge on any atom is 0.338 e. The van der Waals surface area contributed by atoms with Crippen molar-refractivity contribution in [1.29, 1.82) is 0 Å². The largest absolute Gasteiger partial charge is 0.495 e. The van der Waals surface area contributed by atoms with Gasteiger partial charge in [-0.15, -0.1) is 0 Å². The molecule has 152 valence electrons. The number of rotatable bonds is 10. The lowest BCUT2D eigenvalue weighted by Crippen LogP contribution is -2.31. The molecular formula is C20H25NO6S. The summed E-state index contributed by atoms with van der Waals surface area (Å²) in [6.45, 7) is 4.35. The number of para-hydroxylation sites is 1. The molecule has 0 saturated heterocycles. The summed E-state index contributed by atoms with van der Waals surface area (Å²) >= 11 is 0. The molecule has 0 heterocycles. The molecule has 0 N–H and O–H groups in total. The number of carbonyl (C=O) groups is 1. The Kier molecular flexibility index (Phi) is 7.83. The summed E-state index contributed by atoms with van der Waals surface area (Å²) in [5.74, 6) is 0.224. The number of hydrogen-bond acceptors (Lipinski definition) is 6. The van der Waals surface area contributed by atoms with Crippen LogP contribution in [-0.4, -0.2) is 52.1 Å². The van der Waals surface area contributed by atoms with Gasteiger partial charge < -0.3 is 14.2 Å². The van der Waals surface area contributed by atoms with Crippen LogP contribution in [0.4, 0.5) is 0 Å². The van der Waals surface area contributed by atoms with E-state index in [9.17, 15) is 13.2 Å². The van der Waals surface area contributed by atoms with Gasteiger partial charge in [-0.2, -0.15) is 4.31 Å². The van der Waals surface area contributed by atoms with Crippen LogP contribution < -0.4 is 9.47 Å². The Hall–Kier alpha value is -2.58. The standard InChI is InChI=1S/C20H25NO6S/c1-4-21(5-2)28(23,24)19-15-16(11-12-18(19)25-3)20(22)27-14-13-26-17-9-7-6-8-10-17/h6-12,15H,4-5,13-14H2,1-3H3. The number of nitrogens with zero attached hydrogens (tertiary/aromatic N) is 1. The van der Waals surface area contributed by atoms with Gasteiger partial charge in [0.2, 0.25) is 10.0 Å². The van der Waals surface area contributed by atoms with Gasteiger partial charge in [0.1, 0.15) is 29.6 Å². The van der Waals surface area contributed by atoms with Crippen LogP contribution in [0.5, 0.6) is 11.5 Å². The molecule has 0 aromatic heterocycles. The van der Waals surface area contributed by atoms with E-state index in [0.717, 1.165) is 0 Å². The zero-order valence-corrected chi connectivity index (χ0v) is 17.1. The highest BCUT2D eigenvalue weighted by Crippen LogP contribution is 2.28. The van der Waals surface area contributed by atoms with Gasteiger partial charge in [0.15, 0.2) is 0 Å². The summed E-state index contributed by atoms with van der Waals surface area (Å²) in [5.41, 5.74) is 0.131. The van der Waals surface area contributed by atoms with Crippen LogP contribution in [0.15, 0.2) is 53.4 Å². The third-order valence-electron chi connectivity index (χ3n) is 4.05. The molecule has 0 saturated carbocycles. The minimum Gasteiger partial charge on any atom is -0.495 e. The average Bonchev–Trinajstić information content (AvgIpc) is 2.72. The molecule has 0 fully saturated rings. The summed E-state index contributed by atoms with van der Waals surface area (Å²) < 4.78 is 42.8. The Morgan fingerprint density at radius 3 is 2.29 bits per heavy atom. The van der Waals surface area contributed by atoms with E-state index in [2.05, 4.69) is 0 Å². The number of esters is 1. The Labute approximate surface area is 165 Å². The number of ether oxygens (including phenoxy) is 3. The molecule has 0 aliphatic carbocycles. The van der Waals surface area contributed by atoms with E-state index in [1.807, 2.05) is 18.2 Å². The third kappa shape index (κ3) is 5.24. The molecule has 0 bridgehead atoms. The third-order valence-corrected chi connectivity index (χ3v) is 6.12. The fourth-order valence-corrected chi connectivity index (χ4v) is 4.24. The SMILES string of the molecule is CCN(CC)S(=O)(=O)c1cc(C(=O)OCCOc2ccccc2)ccc1OC. The zero-order valence-electron chi connectivity index (χ0n) is 16.3. The fraction of sp³-hybridized carbons (Fsp3) is 0.350. The van der Waals surface area contributed by atoms with Crippen LogP contribution in [0.2, 0.25) is 0 Å². The first kappa shape index (κ1) is 21.7. The zero-order chi connectivity index (χ0) is 20.6. The first-order valence-corrected chi connectivity index (χ1v) is 10.4. The summed E-state index contributed by atoms with van der Waals surface area (Å²) in [4.78, 5) is 12.3. The van der Waals surface area contributed by atoms with Crippen LogP contribution >= 0.6 is 0 Å². The van der Waals surface area contributed by atoms with Gasteiger partial charge in [-0.25, -0.2) is 13.2 Å². The van der Waals surface area contributed by atoms with Crippen LogP contribution in [0.25, 0.3) is 0 Å². The average molecular weight is 407 g/mol. The molecular weight excluding hydrogens is 382 g/mol. The van der Waals surface area contributed by atoms with Gasteiger partial charge in [0.05, 0.1) is 12.7 Å². The molecule has 0 spiro atoms. The lowest BCUT2D eigenvalue weighted by Gasteiger charge is -2.20. The summed E-state index contributed by atoms with van der Waals surface area (Å²) in [7, 11) is -2.40. The smallest absolute Gasteiger partial charge is 0.338 e. The Morgan fingerprint density at radius 1 is 1.00 bits per heavy atom.